The van der Waals surface area contributed by atoms with E-state index in [-0.39, 0.29) is 0 Å². The highest BCUT2D eigenvalue weighted by Gasteiger charge is 2.22. The average molecular weight is 283 g/mol. The minimum atomic E-state index is -3.36. The third kappa shape index (κ3) is 4.19. The second-order valence-corrected chi connectivity index (χ2v) is 6.64. The Kier molecular flexibility index (Phi) is 4.79. The van der Waals surface area contributed by atoms with Crippen LogP contribution in [0.5, 0.6) is 0 Å². The SMILES string of the molecule is Nc1ccc(CNS(=O)(=O)N2CCCCCC2)cc1. The van der Waals surface area contributed by atoms with Crippen LogP contribution in [0, 0.1) is 0 Å². The number of nitrogens with two attached hydrogens (primary N) is 1. The van der Waals surface area contributed by atoms with Crippen LogP contribution in [0.1, 0.15) is 31.2 Å². The number of anilines is 1. The van der Waals surface area contributed by atoms with Crippen molar-refractivity contribution in [3.05, 3.63) is 29.8 Å². The van der Waals surface area contributed by atoms with E-state index in [9.17, 15) is 8.42 Å². The molecule has 1 saturated heterocycles. The average Bonchev–Trinajstić information content (AvgIpc) is 2.67. The highest BCUT2D eigenvalue weighted by molar-refractivity contribution is 7.87. The predicted octanol–water partition coefficient (Wildman–Crippen LogP) is 1.48. The third-order valence-corrected chi connectivity index (χ3v) is 4.90. The number of nitrogens with one attached hydrogen (secondary N) is 1. The molecule has 0 atom stereocenters. The van der Waals surface area contributed by atoms with Crippen molar-refractivity contribution in [2.45, 2.75) is 32.2 Å². The van der Waals surface area contributed by atoms with E-state index in [2.05, 4.69) is 4.72 Å². The molecule has 0 radical (unpaired) electrons. The Morgan fingerprint density at radius 1 is 1.05 bits per heavy atom. The van der Waals surface area contributed by atoms with Gasteiger partial charge in [0.2, 0.25) is 0 Å². The number of hydrogen-bond donors (Lipinski definition) is 2. The molecule has 0 aliphatic carbocycles. The van der Waals surface area contributed by atoms with E-state index in [0.29, 0.717) is 25.3 Å². The number of benzene rings is 1. The number of nitrogen functional groups attached to an aromatic ring is 1. The van der Waals surface area contributed by atoms with Crippen LogP contribution in [0.4, 0.5) is 5.69 Å². The molecule has 0 unspecified atom stereocenters. The van der Waals surface area contributed by atoms with Crippen LogP contribution in [0.2, 0.25) is 0 Å². The van der Waals surface area contributed by atoms with Crippen molar-refractivity contribution >= 4 is 15.9 Å². The molecule has 1 aromatic carbocycles. The molecule has 1 aliphatic heterocycles. The molecule has 1 aromatic rings. The van der Waals surface area contributed by atoms with Gasteiger partial charge in [-0.2, -0.15) is 17.4 Å². The van der Waals surface area contributed by atoms with Gasteiger partial charge in [-0.25, -0.2) is 0 Å². The summed E-state index contributed by atoms with van der Waals surface area (Å²) in [7, 11) is -3.36. The van der Waals surface area contributed by atoms with Gasteiger partial charge in [0, 0.05) is 25.3 Å². The minimum absolute atomic E-state index is 0.305. The molecule has 2 rings (SSSR count). The summed E-state index contributed by atoms with van der Waals surface area (Å²) in [5, 5.41) is 0. The lowest BCUT2D eigenvalue weighted by molar-refractivity contribution is 0.414. The molecule has 3 N–H and O–H groups in total. The van der Waals surface area contributed by atoms with Crippen molar-refractivity contribution in [2.24, 2.45) is 0 Å². The maximum atomic E-state index is 12.2. The molecule has 0 aromatic heterocycles. The maximum absolute atomic E-state index is 12.2. The Morgan fingerprint density at radius 2 is 1.63 bits per heavy atom. The van der Waals surface area contributed by atoms with Gasteiger partial charge in [0.15, 0.2) is 0 Å². The summed E-state index contributed by atoms with van der Waals surface area (Å²) in [6.07, 6.45) is 4.12. The minimum Gasteiger partial charge on any atom is -0.399 e. The first-order valence-electron chi connectivity index (χ1n) is 6.67. The van der Waals surface area contributed by atoms with Crippen molar-refractivity contribution in [1.82, 2.24) is 9.03 Å². The van der Waals surface area contributed by atoms with E-state index in [1.807, 2.05) is 12.1 Å². The van der Waals surface area contributed by atoms with Gasteiger partial charge in [-0.05, 0) is 30.5 Å². The Morgan fingerprint density at radius 3 is 2.21 bits per heavy atom. The first-order valence-corrected chi connectivity index (χ1v) is 8.11. The molecule has 0 spiro atoms. The molecule has 19 heavy (non-hydrogen) atoms. The molecule has 1 heterocycles. The van der Waals surface area contributed by atoms with Crippen molar-refractivity contribution in [2.75, 3.05) is 18.8 Å². The fraction of sp³-hybridized carbons (Fsp3) is 0.538. The van der Waals surface area contributed by atoms with Gasteiger partial charge in [-0.3, -0.25) is 0 Å². The van der Waals surface area contributed by atoms with Gasteiger partial charge < -0.3 is 5.73 Å². The smallest absolute Gasteiger partial charge is 0.279 e. The van der Waals surface area contributed by atoms with Crippen LogP contribution in [0.3, 0.4) is 0 Å². The molecule has 0 saturated carbocycles. The summed E-state index contributed by atoms with van der Waals surface area (Å²) in [6, 6.07) is 7.21. The lowest BCUT2D eigenvalue weighted by Gasteiger charge is -2.20. The predicted molar refractivity (Wildman–Crippen MR) is 76.7 cm³/mol. The normalized spacial score (nSPS) is 18.1. The molecule has 6 heteroatoms. The monoisotopic (exact) mass is 283 g/mol. The van der Waals surface area contributed by atoms with Crippen molar-refractivity contribution < 1.29 is 8.42 Å². The third-order valence-electron chi connectivity index (χ3n) is 3.34. The topological polar surface area (TPSA) is 75.4 Å². The van der Waals surface area contributed by atoms with E-state index in [0.717, 1.165) is 31.2 Å². The fourth-order valence-electron chi connectivity index (χ4n) is 2.18. The molecule has 106 valence electrons. The van der Waals surface area contributed by atoms with Gasteiger partial charge in [0.1, 0.15) is 0 Å². The van der Waals surface area contributed by atoms with Crippen LogP contribution in [-0.4, -0.2) is 25.8 Å². The van der Waals surface area contributed by atoms with Gasteiger partial charge in [0.25, 0.3) is 10.2 Å². The molecular formula is C13H21N3O2S. The Hall–Kier alpha value is -1.11. The molecule has 0 amide bonds. The van der Waals surface area contributed by atoms with Crippen molar-refractivity contribution in [3.63, 3.8) is 0 Å². The summed E-state index contributed by atoms with van der Waals surface area (Å²) >= 11 is 0. The summed E-state index contributed by atoms with van der Waals surface area (Å²) in [5.41, 5.74) is 7.19. The number of hydrogen-bond acceptors (Lipinski definition) is 3. The largest absolute Gasteiger partial charge is 0.399 e. The summed E-state index contributed by atoms with van der Waals surface area (Å²) < 4.78 is 28.5. The summed E-state index contributed by atoms with van der Waals surface area (Å²) in [5.74, 6) is 0. The zero-order chi connectivity index (χ0) is 13.7. The quantitative estimate of drug-likeness (QED) is 0.822. The van der Waals surface area contributed by atoms with Crippen molar-refractivity contribution in [3.8, 4) is 0 Å². The Bertz CT molecular complexity index is 491. The Balaban J connectivity index is 1.94. The zero-order valence-corrected chi connectivity index (χ0v) is 11.8. The van der Waals surface area contributed by atoms with E-state index >= 15 is 0 Å². The molecular weight excluding hydrogens is 262 g/mol. The fourth-order valence-corrected chi connectivity index (χ4v) is 3.45. The number of rotatable bonds is 4. The second kappa shape index (κ2) is 6.36. The van der Waals surface area contributed by atoms with E-state index in [1.54, 1.807) is 16.4 Å². The first-order chi connectivity index (χ1) is 9.08. The van der Waals surface area contributed by atoms with E-state index < -0.39 is 10.2 Å². The molecule has 5 nitrogen and oxygen atoms in total. The molecule has 1 aliphatic rings. The van der Waals surface area contributed by atoms with Crippen LogP contribution in [0.15, 0.2) is 24.3 Å². The van der Waals surface area contributed by atoms with Gasteiger partial charge in [-0.1, -0.05) is 25.0 Å². The highest BCUT2D eigenvalue weighted by Crippen LogP contribution is 2.13. The van der Waals surface area contributed by atoms with Crippen LogP contribution in [-0.2, 0) is 16.8 Å². The lowest BCUT2D eigenvalue weighted by atomic mass is 10.2. The summed E-state index contributed by atoms with van der Waals surface area (Å²) in [4.78, 5) is 0. The van der Waals surface area contributed by atoms with Crippen LogP contribution < -0.4 is 10.5 Å². The highest BCUT2D eigenvalue weighted by atomic mass is 32.2. The number of nitrogens with zero attached hydrogens (tertiary/aromatic N) is 1. The second-order valence-electron chi connectivity index (χ2n) is 4.88. The van der Waals surface area contributed by atoms with Crippen molar-refractivity contribution in [1.29, 1.82) is 0 Å². The van der Waals surface area contributed by atoms with Crippen LogP contribution >= 0.6 is 0 Å². The summed E-state index contributed by atoms with van der Waals surface area (Å²) in [6.45, 7) is 1.55. The maximum Gasteiger partial charge on any atom is 0.279 e. The first kappa shape index (κ1) is 14.3. The Labute approximate surface area is 115 Å². The standard InChI is InChI=1S/C13H21N3O2S/c14-13-7-5-12(6-8-13)11-15-19(17,18)16-9-3-1-2-4-10-16/h5-8,15H,1-4,9-11,14H2. The lowest BCUT2D eigenvalue weighted by Crippen LogP contribution is -2.40. The molecule has 1 fully saturated rings. The van der Waals surface area contributed by atoms with E-state index in [4.69, 9.17) is 5.73 Å². The van der Waals surface area contributed by atoms with Gasteiger partial charge in [0.05, 0.1) is 0 Å². The van der Waals surface area contributed by atoms with E-state index in [1.165, 1.54) is 0 Å². The van der Waals surface area contributed by atoms with Gasteiger partial charge in [-0.15, -0.1) is 0 Å². The van der Waals surface area contributed by atoms with Gasteiger partial charge >= 0.3 is 0 Å². The zero-order valence-electron chi connectivity index (χ0n) is 11.0. The molecule has 0 bridgehead atoms. The van der Waals surface area contributed by atoms with Crippen LogP contribution in [0.25, 0.3) is 0 Å².